The van der Waals surface area contributed by atoms with Crippen LogP contribution in [-0.2, 0) is 0 Å². The summed E-state index contributed by atoms with van der Waals surface area (Å²) in [6.07, 6.45) is 2.03. The molecular formula is C15H24Cl2N2O. The van der Waals surface area contributed by atoms with Crippen molar-refractivity contribution in [2.75, 3.05) is 33.3 Å². The highest BCUT2D eigenvalue weighted by Gasteiger charge is 2.19. The molecule has 0 saturated carbocycles. The lowest BCUT2D eigenvalue weighted by molar-refractivity contribution is 0.203. The van der Waals surface area contributed by atoms with Gasteiger partial charge in [0.25, 0.3) is 0 Å². The summed E-state index contributed by atoms with van der Waals surface area (Å²) in [6, 6.07) is 6.69. The molecule has 0 unspecified atom stereocenters. The Kier molecular flexibility index (Phi) is 8.90. The average molecular weight is 319 g/mol. The minimum Gasteiger partial charge on any atom is -0.496 e. The summed E-state index contributed by atoms with van der Waals surface area (Å²) in [5.41, 5.74) is 2.47. The van der Waals surface area contributed by atoms with Crippen molar-refractivity contribution in [3.8, 4) is 5.75 Å². The highest BCUT2D eigenvalue weighted by Crippen LogP contribution is 2.27. The van der Waals surface area contributed by atoms with Gasteiger partial charge in [0.15, 0.2) is 0 Å². The molecule has 1 aromatic rings. The van der Waals surface area contributed by atoms with Crippen LogP contribution in [-0.4, -0.2) is 38.2 Å². The highest BCUT2D eigenvalue weighted by molar-refractivity contribution is 5.85. The third-order valence-electron chi connectivity index (χ3n) is 3.53. The highest BCUT2D eigenvalue weighted by atomic mass is 35.5. The van der Waals surface area contributed by atoms with E-state index in [4.69, 9.17) is 4.74 Å². The van der Waals surface area contributed by atoms with Gasteiger partial charge >= 0.3 is 0 Å². The molecular weight excluding hydrogens is 295 g/mol. The van der Waals surface area contributed by atoms with E-state index in [2.05, 4.69) is 35.9 Å². The Morgan fingerprint density at radius 2 is 1.95 bits per heavy atom. The maximum absolute atomic E-state index is 5.31. The normalized spacial score (nSPS) is 16.5. The Morgan fingerprint density at radius 1 is 1.30 bits per heavy atom. The van der Waals surface area contributed by atoms with E-state index in [1.807, 2.05) is 12.1 Å². The molecule has 0 radical (unpaired) electrons. The smallest absolute Gasteiger partial charge is 0.121 e. The molecule has 1 aromatic carbocycles. The molecule has 1 atom stereocenters. The molecule has 5 heteroatoms. The van der Waals surface area contributed by atoms with Crippen LogP contribution in [0.15, 0.2) is 30.9 Å². The topological polar surface area (TPSA) is 24.5 Å². The van der Waals surface area contributed by atoms with Gasteiger partial charge in [0.1, 0.15) is 5.75 Å². The van der Waals surface area contributed by atoms with Gasteiger partial charge < -0.3 is 10.1 Å². The zero-order valence-corrected chi connectivity index (χ0v) is 13.7. The van der Waals surface area contributed by atoms with Crippen LogP contribution in [0.1, 0.15) is 17.2 Å². The molecule has 20 heavy (non-hydrogen) atoms. The average Bonchev–Trinajstić information content (AvgIpc) is 2.41. The molecule has 0 spiro atoms. The minimum atomic E-state index is 0. The predicted octanol–water partition coefficient (Wildman–Crippen LogP) is 2.98. The van der Waals surface area contributed by atoms with E-state index in [0.29, 0.717) is 6.04 Å². The van der Waals surface area contributed by atoms with Gasteiger partial charge in [-0.2, -0.15) is 0 Å². The van der Waals surface area contributed by atoms with Crippen molar-refractivity contribution in [1.82, 2.24) is 10.2 Å². The van der Waals surface area contributed by atoms with E-state index in [1.165, 1.54) is 11.1 Å². The number of nitrogens with zero attached hydrogens (tertiary/aromatic N) is 1. The number of ether oxygens (including phenoxy) is 1. The number of hydrogen-bond acceptors (Lipinski definition) is 3. The summed E-state index contributed by atoms with van der Waals surface area (Å²) in [6.45, 7) is 10.3. The van der Waals surface area contributed by atoms with Crippen LogP contribution in [0.5, 0.6) is 5.75 Å². The van der Waals surface area contributed by atoms with Gasteiger partial charge in [-0.15, -0.1) is 31.4 Å². The van der Waals surface area contributed by atoms with Gasteiger partial charge in [0.05, 0.1) is 13.2 Å². The molecule has 1 aliphatic rings. The summed E-state index contributed by atoms with van der Waals surface area (Å²) >= 11 is 0. The molecule has 1 aliphatic heterocycles. The van der Waals surface area contributed by atoms with E-state index in [1.54, 1.807) is 7.11 Å². The van der Waals surface area contributed by atoms with E-state index in [0.717, 1.165) is 31.9 Å². The molecule has 1 heterocycles. The van der Waals surface area contributed by atoms with E-state index < -0.39 is 0 Å². The maximum Gasteiger partial charge on any atom is 0.121 e. The summed E-state index contributed by atoms with van der Waals surface area (Å²) in [4.78, 5) is 2.46. The van der Waals surface area contributed by atoms with Crippen LogP contribution in [0.3, 0.4) is 0 Å². The monoisotopic (exact) mass is 318 g/mol. The lowest BCUT2D eigenvalue weighted by Gasteiger charge is -2.33. The molecule has 1 saturated heterocycles. The quantitative estimate of drug-likeness (QED) is 0.864. The number of halogens is 2. The third kappa shape index (κ3) is 4.38. The van der Waals surface area contributed by atoms with Gasteiger partial charge in [0.2, 0.25) is 0 Å². The van der Waals surface area contributed by atoms with Crippen molar-refractivity contribution >= 4 is 24.8 Å². The number of rotatable bonds is 4. The molecule has 0 aliphatic carbocycles. The Balaban J connectivity index is 0.00000180. The van der Waals surface area contributed by atoms with Gasteiger partial charge in [-0.25, -0.2) is 0 Å². The van der Waals surface area contributed by atoms with Gasteiger partial charge in [-0.3, -0.25) is 4.90 Å². The van der Waals surface area contributed by atoms with Gasteiger partial charge in [-0.05, 0) is 24.1 Å². The van der Waals surface area contributed by atoms with E-state index in [-0.39, 0.29) is 24.8 Å². The number of piperazine rings is 1. The molecule has 3 nitrogen and oxygen atoms in total. The Bertz CT molecular complexity index is 420. The van der Waals surface area contributed by atoms with Gasteiger partial charge in [0, 0.05) is 26.2 Å². The first-order valence-corrected chi connectivity index (χ1v) is 6.48. The van der Waals surface area contributed by atoms with Crippen LogP contribution in [0, 0.1) is 6.92 Å². The van der Waals surface area contributed by atoms with E-state index >= 15 is 0 Å². The second kappa shape index (κ2) is 9.24. The number of methoxy groups -OCH3 is 1. The molecule has 0 bridgehead atoms. The van der Waals surface area contributed by atoms with E-state index in [9.17, 15) is 0 Å². The van der Waals surface area contributed by atoms with Crippen LogP contribution in [0.4, 0.5) is 0 Å². The lowest BCUT2D eigenvalue weighted by atomic mass is 10.0. The zero-order chi connectivity index (χ0) is 13.0. The number of aryl methyl sites for hydroxylation is 1. The summed E-state index contributed by atoms with van der Waals surface area (Å²) in [5.74, 6) is 0.946. The summed E-state index contributed by atoms with van der Waals surface area (Å²) in [5, 5.41) is 3.38. The minimum absolute atomic E-state index is 0. The van der Waals surface area contributed by atoms with Crippen molar-refractivity contribution in [3.05, 3.63) is 42.0 Å². The first kappa shape index (κ1) is 19.3. The number of hydrogen-bond donors (Lipinski definition) is 1. The van der Waals surface area contributed by atoms with Crippen molar-refractivity contribution in [2.24, 2.45) is 0 Å². The molecule has 0 aromatic heterocycles. The Hall–Kier alpha value is -0.740. The summed E-state index contributed by atoms with van der Waals surface area (Å²) in [7, 11) is 1.71. The predicted molar refractivity (Wildman–Crippen MR) is 89.6 cm³/mol. The zero-order valence-electron chi connectivity index (χ0n) is 12.1. The van der Waals surface area contributed by atoms with Crippen molar-refractivity contribution in [2.45, 2.75) is 13.0 Å². The largest absolute Gasteiger partial charge is 0.496 e. The second-order valence-corrected chi connectivity index (χ2v) is 4.70. The number of benzene rings is 1. The summed E-state index contributed by atoms with van der Waals surface area (Å²) < 4.78 is 5.31. The first-order valence-electron chi connectivity index (χ1n) is 6.48. The Labute approximate surface area is 134 Å². The fraction of sp³-hybridized carbons (Fsp3) is 0.467. The molecule has 114 valence electrons. The van der Waals surface area contributed by atoms with Gasteiger partial charge in [-0.1, -0.05) is 18.2 Å². The molecule has 1 fully saturated rings. The second-order valence-electron chi connectivity index (χ2n) is 4.70. The first-order chi connectivity index (χ1) is 8.76. The van der Waals surface area contributed by atoms with Crippen molar-refractivity contribution in [1.29, 1.82) is 0 Å². The van der Waals surface area contributed by atoms with Crippen LogP contribution in [0.2, 0.25) is 0 Å². The van der Waals surface area contributed by atoms with Crippen LogP contribution in [0.25, 0.3) is 0 Å². The maximum atomic E-state index is 5.31. The van der Waals surface area contributed by atoms with Crippen LogP contribution < -0.4 is 10.1 Å². The van der Waals surface area contributed by atoms with Crippen LogP contribution >= 0.6 is 24.8 Å². The SMILES string of the molecule is C=C[C@@H](c1ccc(OC)c(C)c1)N1CCNCC1.Cl.Cl. The standard InChI is InChI=1S/C15H22N2O.2ClH/c1-4-14(17-9-7-16-8-10-17)13-5-6-15(18-3)12(2)11-13;;/h4-6,11,14,16H,1,7-10H2,2-3H3;2*1H/t14-;;/m0../s1. The lowest BCUT2D eigenvalue weighted by Crippen LogP contribution is -2.44. The fourth-order valence-electron chi connectivity index (χ4n) is 2.54. The number of nitrogens with one attached hydrogen (secondary N) is 1. The molecule has 2 rings (SSSR count). The molecule has 1 N–H and O–H groups in total. The molecule has 0 amide bonds. The third-order valence-corrected chi connectivity index (χ3v) is 3.53. The Morgan fingerprint density at radius 3 is 2.45 bits per heavy atom. The fourth-order valence-corrected chi connectivity index (χ4v) is 2.54. The van der Waals surface area contributed by atoms with Crippen molar-refractivity contribution < 1.29 is 4.74 Å². The van der Waals surface area contributed by atoms with Crippen molar-refractivity contribution in [3.63, 3.8) is 0 Å².